The van der Waals surface area contributed by atoms with E-state index < -0.39 is 23.6 Å². The molecule has 1 aliphatic rings. The summed E-state index contributed by atoms with van der Waals surface area (Å²) in [6, 6.07) is 7.51. The Morgan fingerprint density at radius 1 is 1.21 bits per heavy atom. The van der Waals surface area contributed by atoms with Gasteiger partial charge in [-0.25, -0.2) is 4.98 Å². The van der Waals surface area contributed by atoms with Gasteiger partial charge in [0.25, 0.3) is 11.8 Å². The van der Waals surface area contributed by atoms with E-state index in [1.54, 1.807) is 6.07 Å². The fourth-order valence-electron chi connectivity index (χ4n) is 3.00. The second kappa shape index (κ2) is 7.36. The number of halogens is 3. The Bertz CT molecular complexity index is 1060. The number of fused-ring (bicyclic) bond motifs is 1. The van der Waals surface area contributed by atoms with E-state index in [4.69, 9.17) is 4.42 Å². The minimum Gasteiger partial charge on any atom is -0.459 e. The van der Waals surface area contributed by atoms with Gasteiger partial charge in [0.2, 0.25) is 0 Å². The monoisotopic (exact) mass is 421 g/mol. The van der Waals surface area contributed by atoms with Gasteiger partial charge in [0.15, 0.2) is 10.9 Å². The smallest absolute Gasteiger partial charge is 0.416 e. The van der Waals surface area contributed by atoms with Crippen molar-refractivity contribution in [2.45, 2.75) is 19.1 Å². The Balaban J connectivity index is 1.48. The van der Waals surface area contributed by atoms with Crippen molar-refractivity contribution >= 4 is 28.3 Å². The molecule has 0 saturated heterocycles. The third-order valence-corrected chi connectivity index (χ3v) is 5.42. The molecule has 1 aliphatic heterocycles. The summed E-state index contributed by atoms with van der Waals surface area (Å²) in [4.78, 5) is 31.4. The number of rotatable bonds is 3. The number of nitrogens with one attached hydrogen (secondary N) is 1. The third-order valence-electron chi connectivity index (χ3n) is 4.42. The second-order valence-corrected chi connectivity index (χ2v) is 7.46. The predicted molar refractivity (Wildman–Crippen MR) is 98.7 cm³/mol. The summed E-state index contributed by atoms with van der Waals surface area (Å²) >= 11 is 1.23. The first-order valence-electron chi connectivity index (χ1n) is 8.61. The van der Waals surface area contributed by atoms with Gasteiger partial charge >= 0.3 is 6.18 Å². The number of furan rings is 1. The van der Waals surface area contributed by atoms with Crippen LogP contribution in [0, 0.1) is 0 Å². The Morgan fingerprint density at radius 2 is 2.03 bits per heavy atom. The molecular formula is C19H14F3N3O3S. The van der Waals surface area contributed by atoms with Crippen LogP contribution < -0.4 is 5.32 Å². The van der Waals surface area contributed by atoms with Crippen LogP contribution in [0.2, 0.25) is 0 Å². The largest absolute Gasteiger partial charge is 0.459 e. The summed E-state index contributed by atoms with van der Waals surface area (Å²) in [7, 11) is 0. The lowest BCUT2D eigenvalue weighted by Crippen LogP contribution is -2.35. The standard InChI is InChI=1S/C19H14F3N3O3S/c20-19(21,22)12-4-1-3-11(9-12)17(27)25-7-6-13-15(10-25)29-18(23-13)24-16(26)14-5-2-8-28-14/h1-5,8-9H,6-7,10H2,(H,23,24,26). The highest BCUT2D eigenvalue weighted by atomic mass is 32.1. The zero-order chi connectivity index (χ0) is 20.6. The van der Waals surface area contributed by atoms with Crippen LogP contribution >= 0.6 is 11.3 Å². The van der Waals surface area contributed by atoms with Crippen molar-refractivity contribution in [1.82, 2.24) is 9.88 Å². The van der Waals surface area contributed by atoms with Gasteiger partial charge in [-0.1, -0.05) is 17.4 Å². The minimum absolute atomic E-state index is 0.0147. The Hall–Kier alpha value is -3.14. The van der Waals surface area contributed by atoms with Crippen molar-refractivity contribution in [2.24, 2.45) is 0 Å². The van der Waals surface area contributed by atoms with Crippen LogP contribution in [-0.2, 0) is 19.1 Å². The van der Waals surface area contributed by atoms with E-state index in [1.807, 2.05) is 0 Å². The number of hydrogen-bond acceptors (Lipinski definition) is 5. The molecule has 29 heavy (non-hydrogen) atoms. The Kier molecular flexibility index (Phi) is 4.87. The number of hydrogen-bond donors (Lipinski definition) is 1. The number of carbonyl (C=O) groups is 2. The topological polar surface area (TPSA) is 75.4 Å². The summed E-state index contributed by atoms with van der Waals surface area (Å²) in [6.07, 6.45) is -2.67. The maximum Gasteiger partial charge on any atom is 0.416 e. The van der Waals surface area contributed by atoms with Gasteiger partial charge < -0.3 is 9.32 Å². The quantitative estimate of drug-likeness (QED) is 0.688. The van der Waals surface area contributed by atoms with Gasteiger partial charge in [0, 0.05) is 23.4 Å². The lowest BCUT2D eigenvalue weighted by molar-refractivity contribution is -0.137. The summed E-state index contributed by atoms with van der Waals surface area (Å²) in [5, 5.41) is 3.03. The maximum atomic E-state index is 12.9. The van der Waals surface area contributed by atoms with Crippen molar-refractivity contribution in [2.75, 3.05) is 11.9 Å². The first kappa shape index (κ1) is 19.2. The number of benzene rings is 1. The molecule has 10 heteroatoms. The lowest BCUT2D eigenvalue weighted by Gasteiger charge is -2.26. The average Bonchev–Trinajstić information content (AvgIpc) is 3.35. The highest BCUT2D eigenvalue weighted by Gasteiger charge is 2.32. The van der Waals surface area contributed by atoms with Gasteiger partial charge in [0.1, 0.15) is 0 Å². The van der Waals surface area contributed by atoms with Crippen LogP contribution in [0.5, 0.6) is 0 Å². The van der Waals surface area contributed by atoms with E-state index in [-0.39, 0.29) is 17.9 Å². The molecule has 0 unspecified atom stereocenters. The fraction of sp³-hybridized carbons (Fsp3) is 0.211. The number of amides is 2. The van der Waals surface area contributed by atoms with E-state index in [2.05, 4.69) is 10.3 Å². The Labute approximate surface area is 167 Å². The van der Waals surface area contributed by atoms with E-state index in [0.29, 0.717) is 18.1 Å². The van der Waals surface area contributed by atoms with Gasteiger partial charge in [-0.05, 0) is 30.3 Å². The highest BCUT2D eigenvalue weighted by molar-refractivity contribution is 7.15. The van der Waals surface area contributed by atoms with Gasteiger partial charge in [-0.2, -0.15) is 13.2 Å². The van der Waals surface area contributed by atoms with Crippen LogP contribution in [0.25, 0.3) is 0 Å². The molecule has 0 bridgehead atoms. The van der Waals surface area contributed by atoms with Gasteiger partial charge in [-0.15, -0.1) is 0 Å². The van der Waals surface area contributed by atoms with Crippen LogP contribution in [-0.4, -0.2) is 28.2 Å². The van der Waals surface area contributed by atoms with Crippen molar-refractivity contribution in [3.05, 3.63) is 70.1 Å². The molecule has 1 N–H and O–H groups in total. The minimum atomic E-state index is -4.51. The van der Waals surface area contributed by atoms with Crippen molar-refractivity contribution in [3.8, 4) is 0 Å². The summed E-state index contributed by atoms with van der Waals surface area (Å²) in [5.41, 5.74) is -0.112. The molecule has 0 atom stereocenters. The SMILES string of the molecule is O=C(Nc1nc2c(s1)CN(C(=O)c1cccc(C(F)(F)F)c1)CC2)c1ccco1. The van der Waals surface area contributed by atoms with E-state index in [1.165, 1.54) is 40.7 Å². The molecule has 0 aliphatic carbocycles. The molecule has 0 saturated carbocycles. The second-order valence-electron chi connectivity index (χ2n) is 6.38. The molecular weight excluding hydrogens is 407 g/mol. The molecule has 2 amide bonds. The first-order valence-corrected chi connectivity index (χ1v) is 9.43. The van der Waals surface area contributed by atoms with Gasteiger partial charge in [-0.3, -0.25) is 14.9 Å². The molecule has 6 nitrogen and oxygen atoms in total. The van der Waals surface area contributed by atoms with Crippen LogP contribution in [0.1, 0.15) is 37.0 Å². The number of anilines is 1. The third kappa shape index (κ3) is 4.02. The highest BCUT2D eigenvalue weighted by Crippen LogP contribution is 2.32. The Morgan fingerprint density at radius 3 is 2.76 bits per heavy atom. The zero-order valence-electron chi connectivity index (χ0n) is 14.8. The normalized spacial score (nSPS) is 13.8. The maximum absolute atomic E-state index is 12.9. The average molecular weight is 421 g/mol. The number of aromatic nitrogens is 1. The molecule has 0 fully saturated rings. The van der Waals surface area contributed by atoms with E-state index in [0.717, 1.165) is 22.7 Å². The first-order chi connectivity index (χ1) is 13.8. The molecule has 150 valence electrons. The lowest BCUT2D eigenvalue weighted by atomic mass is 10.1. The van der Waals surface area contributed by atoms with Crippen molar-refractivity contribution in [1.29, 1.82) is 0 Å². The number of thiazole rings is 1. The molecule has 4 rings (SSSR count). The van der Waals surface area contributed by atoms with Crippen LogP contribution in [0.15, 0.2) is 47.1 Å². The molecule has 1 aromatic carbocycles. The van der Waals surface area contributed by atoms with Gasteiger partial charge in [0.05, 0.1) is 24.1 Å². The number of carbonyl (C=O) groups excluding carboxylic acids is 2. The summed E-state index contributed by atoms with van der Waals surface area (Å²) in [5.74, 6) is -0.756. The predicted octanol–water partition coefficient (Wildman–Crippen LogP) is 4.21. The summed E-state index contributed by atoms with van der Waals surface area (Å²) < 4.78 is 43.8. The fourth-order valence-corrected chi connectivity index (χ4v) is 4.02. The zero-order valence-corrected chi connectivity index (χ0v) is 15.6. The number of alkyl halides is 3. The van der Waals surface area contributed by atoms with E-state index >= 15 is 0 Å². The van der Waals surface area contributed by atoms with E-state index in [9.17, 15) is 22.8 Å². The number of nitrogens with zero attached hydrogens (tertiary/aromatic N) is 2. The summed E-state index contributed by atoms with van der Waals surface area (Å²) in [6.45, 7) is 0.552. The van der Waals surface area contributed by atoms with Crippen molar-refractivity contribution < 1.29 is 27.2 Å². The molecule has 3 heterocycles. The molecule has 0 spiro atoms. The van der Waals surface area contributed by atoms with Crippen LogP contribution in [0.3, 0.4) is 0 Å². The van der Waals surface area contributed by atoms with Crippen molar-refractivity contribution in [3.63, 3.8) is 0 Å². The molecule has 3 aromatic rings. The van der Waals surface area contributed by atoms with Crippen LogP contribution in [0.4, 0.5) is 18.3 Å². The molecule has 0 radical (unpaired) electrons. The molecule has 2 aromatic heterocycles.